The topological polar surface area (TPSA) is 32.3 Å². The van der Waals surface area contributed by atoms with Gasteiger partial charge in [0.15, 0.2) is 0 Å². The molecule has 0 spiro atoms. The Morgan fingerprint density at radius 2 is 2.20 bits per heavy atom. The Bertz CT molecular complexity index is 251. The lowest BCUT2D eigenvalue weighted by atomic mass is 10.2. The van der Waals surface area contributed by atoms with Crippen molar-refractivity contribution in [1.29, 1.82) is 0 Å². The molecule has 0 amide bonds. The highest BCUT2D eigenvalue weighted by Gasteiger charge is 2.18. The first-order valence-electron chi connectivity index (χ1n) is 3.06. The molecule has 0 saturated heterocycles. The molecular formula is C7H7NOS. The number of aliphatic hydroxyl groups is 1. The van der Waals surface area contributed by atoms with Crippen LogP contribution >= 0.6 is 11.9 Å². The lowest BCUT2D eigenvalue weighted by molar-refractivity contribution is 0.273. The minimum Gasteiger partial charge on any atom is -0.376 e. The van der Waals surface area contributed by atoms with Crippen LogP contribution in [0.5, 0.6) is 0 Å². The predicted molar refractivity (Wildman–Crippen MR) is 42.6 cm³/mol. The summed E-state index contributed by atoms with van der Waals surface area (Å²) in [5.74, 6) is 0. The monoisotopic (exact) mass is 153 g/mol. The summed E-state index contributed by atoms with van der Waals surface area (Å²) in [6.45, 7) is 0. The Labute approximate surface area is 63.4 Å². The van der Waals surface area contributed by atoms with E-state index in [0.29, 0.717) is 0 Å². The molecule has 0 aliphatic carbocycles. The summed E-state index contributed by atoms with van der Waals surface area (Å²) < 4.78 is 3.02. The van der Waals surface area contributed by atoms with Gasteiger partial charge in [0.2, 0.25) is 0 Å². The van der Waals surface area contributed by atoms with Crippen molar-refractivity contribution in [2.45, 2.75) is 5.44 Å². The van der Waals surface area contributed by atoms with Gasteiger partial charge in [0.25, 0.3) is 0 Å². The molecule has 2 rings (SSSR count). The predicted octanol–water partition coefficient (Wildman–Crippen LogP) is 1.75. The van der Waals surface area contributed by atoms with Crippen molar-refractivity contribution >= 4 is 17.6 Å². The molecule has 1 unspecified atom stereocenters. The van der Waals surface area contributed by atoms with Crippen LogP contribution in [0, 0.1) is 0 Å². The average Bonchev–Trinajstić information content (AvgIpc) is 2.34. The third-order valence-corrected chi connectivity index (χ3v) is 2.32. The number of nitrogens with one attached hydrogen (secondary N) is 1. The fourth-order valence-corrected chi connectivity index (χ4v) is 1.75. The number of hydrogen-bond acceptors (Lipinski definition) is 3. The van der Waals surface area contributed by atoms with Gasteiger partial charge in [-0.3, -0.25) is 0 Å². The average molecular weight is 153 g/mol. The minimum atomic E-state index is -0.392. The van der Waals surface area contributed by atoms with E-state index >= 15 is 0 Å². The fraction of sp³-hybridized carbons (Fsp3) is 0.143. The Balaban J connectivity index is 2.51. The van der Waals surface area contributed by atoms with Gasteiger partial charge in [0, 0.05) is 5.56 Å². The van der Waals surface area contributed by atoms with Gasteiger partial charge in [-0.05, 0) is 18.0 Å². The zero-order valence-corrected chi connectivity index (χ0v) is 6.06. The van der Waals surface area contributed by atoms with E-state index in [9.17, 15) is 5.11 Å². The van der Waals surface area contributed by atoms with E-state index in [-0.39, 0.29) is 0 Å². The number of anilines is 1. The van der Waals surface area contributed by atoms with Crippen molar-refractivity contribution in [1.82, 2.24) is 0 Å². The van der Waals surface area contributed by atoms with Crippen molar-refractivity contribution in [3.05, 3.63) is 29.8 Å². The molecule has 10 heavy (non-hydrogen) atoms. The number of aliphatic hydroxyl groups excluding tert-OH is 1. The standard InChI is InChI=1S/C7H7NOS/c9-7-5-3-1-2-4-6(5)8-10-7/h1-4,7-9H. The van der Waals surface area contributed by atoms with Crippen LogP contribution in [-0.4, -0.2) is 5.11 Å². The second-order valence-electron chi connectivity index (χ2n) is 2.16. The van der Waals surface area contributed by atoms with Crippen molar-refractivity contribution in [3.63, 3.8) is 0 Å². The van der Waals surface area contributed by atoms with Gasteiger partial charge in [-0.15, -0.1) is 0 Å². The summed E-state index contributed by atoms with van der Waals surface area (Å²) in [7, 11) is 0. The highest BCUT2D eigenvalue weighted by Crippen LogP contribution is 2.39. The summed E-state index contributed by atoms with van der Waals surface area (Å²) >= 11 is 1.33. The first kappa shape index (κ1) is 6.07. The molecule has 1 aromatic carbocycles. The van der Waals surface area contributed by atoms with E-state index in [1.807, 2.05) is 24.3 Å². The molecule has 0 aromatic heterocycles. The third kappa shape index (κ3) is 0.786. The SMILES string of the molecule is OC1SNc2ccccc21. The van der Waals surface area contributed by atoms with Crippen LogP contribution in [0.4, 0.5) is 5.69 Å². The van der Waals surface area contributed by atoms with Crippen LogP contribution in [0.2, 0.25) is 0 Å². The normalized spacial score (nSPS) is 21.9. The van der Waals surface area contributed by atoms with Gasteiger partial charge in [-0.2, -0.15) is 0 Å². The fourth-order valence-electron chi connectivity index (χ4n) is 0.988. The van der Waals surface area contributed by atoms with Gasteiger partial charge in [0.05, 0.1) is 5.69 Å². The second kappa shape index (κ2) is 2.18. The molecule has 1 heterocycles. The van der Waals surface area contributed by atoms with Gasteiger partial charge < -0.3 is 9.83 Å². The number of para-hydroxylation sites is 1. The molecule has 1 aliphatic rings. The van der Waals surface area contributed by atoms with Crippen molar-refractivity contribution in [2.24, 2.45) is 0 Å². The van der Waals surface area contributed by atoms with Gasteiger partial charge in [-0.1, -0.05) is 18.2 Å². The molecule has 3 heteroatoms. The third-order valence-electron chi connectivity index (χ3n) is 1.51. The van der Waals surface area contributed by atoms with Crippen LogP contribution < -0.4 is 4.72 Å². The van der Waals surface area contributed by atoms with E-state index in [1.54, 1.807) is 0 Å². The lowest BCUT2D eigenvalue weighted by Gasteiger charge is -1.96. The maximum absolute atomic E-state index is 9.28. The first-order valence-corrected chi connectivity index (χ1v) is 3.94. The molecule has 2 nitrogen and oxygen atoms in total. The molecule has 1 atom stereocenters. The Morgan fingerprint density at radius 3 is 3.00 bits per heavy atom. The molecule has 52 valence electrons. The second-order valence-corrected chi connectivity index (χ2v) is 3.05. The number of fused-ring (bicyclic) bond motifs is 1. The molecule has 0 bridgehead atoms. The Hall–Kier alpha value is -0.670. The highest BCUT2D eigenvalue weighted by molar-refractivity contribution is 8.01. The highest BCUT2D eigenvalue weighted by atomic mass is 32.2. The molecule has 2 N–H and O–H groups in total. The van der Waals surface area contributed by atoms with Gasteiger partial charge in [-0.25, -0.2) is 0 Å². The molecular weight excluding hydrogens is 146 g/mol. The maximum atomic E-state index is 9.28. The summed E-state index contributed by atoms with van der Waals surface area (Å²) in [5, 5.41) is 9.28. The van der Waals surface area contributed by atoms with Crippen LogP contribution in [0.1, 0.15) is 11.0 Å². The quantitative estimate of drug-likeness (QED) is 0.557. The van der Waals surface area contributed by atoms with Crippen LogP contribution in [-0.2, 0) is 0 Å². The van der Waals surface area contributed by atoms with E-state index in [4.69, 9.17) is 0 Å². The van der Waals surface area contributed by atoms with Crippen LogP contribution in [0.25, 0.3) is 0 Å². The molecule has 0 saturated carbocycles. The van der Waals surface area contributed by atoms with Crippen LogP contribution in [0.3, 0.4) is 0 Å². The summed E-state index contributed by atoms with van der Waals surface area (Å²) in [5.41, 5.74) is 1.61. The molecule has 0 fully saturated rings. The van der Waals surface area contributed by atoms with Crippen molar-refractivity contribution in [2.75, 3.05) is 4.72 Å². The van der Waals surface area contributed by atoms with E-state index < -0.39 is 5.44 Å². The van der Waals surface area contributed by atoms with E-state index in [2.05, 4.69) is 4.72 Å². The van der Waals surface area contributed by atoms with Crippen molar-refractivity contribution < 1.29 is 5.11 Å². The van der Waals surface area contributed by atoms with Gasteiger partial charge in [0.1, 0.15) is 5.44 Å². The Morgan fingerprint density at radius 1 is 1.40 bits per heavy atom. The maximum Gasteiger partial charge on any atom is 0.146 e. The summed E-state index contributed by atoms with van der Waals surface area (Å²) in [6, 6.07) is 7.76. The Kier molecular flexibility index (Phi) is 1.32. The van der Waals surface area contributed by atoms with Crippen LogP contribution in [0.15, 0.2) is 24.3 Å². The van der Waals surface area contributed by atoms with E-state index in [1.165, 1.54) is 11.9 Å². The molecule has 1 aliphatic heterocycles. The molecule has 1 aromatic rings. The number of rotatable bonds is 0. The zero-order chi connectivity index (χ0) is 6.97. The first-order chi connectivity index (χ1) is 4.88. The molecule has 0 radical (unpaired) electrons. The summed E-state index contributed by atoms with van der Waals surface area (Å²) in [4.78, 5) is 0. The number of hydrogen-bond donors (Lipinski definition) is 2. The zero-order valence-electron chi connectivity index (χ0n) is 5.24. The number of benzene rings is 1. The van der Waals surface area contributed by atoms with E-state index in [0.717, 1.165) is 11.3 Å². The minimum absolute atomic E-state index is 0.392. The summed E-state index contributed by atoms with van der Waals surface area (Å²) in [6.07, 6.45) is 0. The van der Waals surface area contributed by atoms with Crippen molar-refractivity contribution in [3.8, 4) is 0 Å². The smallest absolute Gasteiger partial charge is 0.146 e. The van der Waals surface area contributed by atoms with Gasteiger partial charge >= 0.3 is 0 Å². The lowest BCUT2D eigenvalue weighted by Crippen LogP contribution is -1.82. The largest absolute Gasteiger partial charge is 0.376 e.